The van der Waals surface area contributed by atoms with E-state index in [1.54, 1.807) is 24.1 Å². The van der Waals surface area contributed by atoms with E-state index in [0.29, 0.717) is 17.9 Å². The van der Waals surface area contributed by atoms with E-state index in [2.05, 4.69) is 15.5 Å². The summed E-state index contributed by atoms with van der Waals surface area (Å²) in [4.78, 5) is 16.1. The summed E-state index contributed by atoms with van der Waals surface area (Å²) in [6, 6.07) is 10.6. The van der Waals surface area contributed by atoms with Crippen LogP contribution in [0.25, 0.3) is 0 Å². The van der Waals surface area contributed by atoms with Gasteiger partial charge in [0.2, 0.25) is 0 Å². The first-order valence-electron chi connectivity index (χ1n) is 8.61. The van der Waals surface area contributed by atoms with E-state index in [4.69, 9.17) is 0 Å². The first-order valence-corrected chi connectivity index (χ1v) is 10.4. The minimum atomic E-state index is -2.97. The number of benzene rings is 1. The van der Waals surface area contributed by atoms with E-state index in [1.165, 1.54) is 0 Å². The van der Waals surface area contributed by atoms with Crippen molar-refractivity contribution in [3.05, 3.63) is 42.1 Å². The Morgan fingerprint density at radius 1 is 1.07 bits per heavy atom. The van der Waals surface area contributed by atoms with Crippen molar-refractivity contribution < 1.29 is 13.2 Å². The highest BCUT2D eigenvalue weighted by atomic mass is 32.2. The lowest BCUT2D eigenvalue weighted by Gasteiger charge is -2.23. The third-order valence-corrected chi connectivity index (χ3v) is 6.39. The predicted octanol–water partition coefficient (Wildman–Crippen LogP) is 1.42. The lowest BCUT2D eigenvalue weighted by molar-refractivity contribution is 0.102. The Hall–Kier alpha value is -2.68. The highest BCUT2D eigenvalue weighted by molar-refractivity contribution is 7.91. The molecule has 0 spiro atoms. The molecule has 1 aromatic heterocycles. The molecule has 1 aromatic carbocycles. The van der Waals surface area contributed by atoms with Crippen LogP contribution in [-0.4, -0.2) is 63.2 Å². The van der Waals surface area contributed by atoms with E-state index < -0.39 is 9.84 Å². The first-order chi connectivity index (χ1) is 12.7. The normalized spacial score (nSPS) is 18.1. The van der Waals surface area contributed by atoms with E-state index in [1.807, 2.05) is 43.3 Å². The fourth-order valence-corrected chi connectivity index (χ4v) is 4.71. The number of nitrogens with zero attached hydrogens (tertiary/aromatic N) is 4. The molecule has 2 heterocycles. The molecule has 0 bridgehead atoms. The summed E-state index contributed by atoms with van der Waals surface area (Å²) in [6.45, 7) is 0. The molecule has 1 aliphatic rings. The molecule has 0 radical (unpaired) electrons. The van der Waals surface area contributed by atoms with Crippen molar-refractivity contribution in [3.8, 4) is 0 Å². The summed E-state index contributed by atoms with van der Waals surface area (Å²) in [5.41, 5.74) is 1.90. The number of nitrogens with one attached hydrogen (secondary N) is 1. The molecule has 2 aromatic rings. The van der Waals surface area contributed by atoms with Gasteiger partial charge in [-0.3, -0.25) is 4.79 Å². The first kappa shape index (κ1) is 19.1. The minimum Gasteiger partial charge on any atom is -0.378 e. The van der Waals surface area contributed by atoms with Gasteiger partial charge in [0.25, 0.3) is 5.91 Å². The van der Waals surface area contributed by atoms with Gasteiger partial charge in [-0.25, -0.2) is 8.42 Å². The van der Waals surface area contributed by atoms with Crippen LogP contribution in [0.5, 0.6) is 0 Å². The summed E-state index contributed by atoms with van der Waals surface area (Å²) in [6.07, 6.45) is 0.575. The zero-order valence-corrected chi connectivity index (χ0v) is 16.4. The van der Waals surface area contributed by atoms with Gasteiger partial charge in [0.05, 0.1) is 11.5 Å². The van der Waals surface area contributed by atoms with Crippen molar-refractivity contribution in [1.29, 1.82) is 0 Å². The maximum absolute atomic E-state index is 12.3. The molecule has 9 heteroatoms. The van der Waals surface area contributed by atoms with Gasteiger partial charge in [-0.15, -0.1) is 10.2 Å². The maximum Gasteiger partial charge on any atom is 0.276 e. The van der Waals surface area contributed by atoms with Gasteiger partial charge < -0.3 is 15.1 Å². The van der Waals surface area contributed by atoms with Crippen molar-refractivity contribution in [3.63, 3.8) is 0 Å². The van der Waals surface area contributed by atoms with Crippen LogP contribution in [0.3, 0.4) is 0 Å². The van der Waals surface area contributed by atoms with Crippen LogP contribution < -0.4 is 15.1 Å². The van der Waals surface area contributed by atoms with Gasteiger partial charge in [0, 0.05) is 38.6 Å². The monoisotopic (exact) mass is 389 g/mol. The van der Waals surface area contributed by atoms with Crippen LogP contribution in [-0.2, 0) is 9.84 Å². The van der Waals surface area contributed by atoms with Gasteiger partial charge in [0.1, 0.15) is 0 Å². The Labute approximate surface area is 159 Å². The smallest absolute Gasteiger partial charge is 0.276 e. The number of rotatable bonds is 5. The van der Waals surface area contributed by atoms with E-state index in [-0.39, 0.29) is 29.1 Å². The number of amides is 1. The number of hydrogen-bond donors (Lipinski definition) is 1. The zero-order chi connectivity index (χ0) is 19.6. The van der Waals surface area contributed by atoms with E-state index in [0.717, 1.165) is 5.69 Å². The molecule has 3 rings (SSSR count). The predicted molar refractivity (Wildman–Crippen MR) is 106 cm³/mol. The fraction of sp³-hybridized carbons (Fsp3) is 0.389. The van der Waals surface area contributed by atoms with Crippen molar-refractivity contribution in [2.75, 3.05) is 47.8 Å². The van der Waals surface area contributed by atoms with Crippen LogP contribution in [0.2, 0.25) is 0 Å². The molecule has 1 fully saturated rings. The molecule has 1 unspecified atom stereocenters. The number of anilines is 3. The van der Waals surface area contributed by atoms with Crippen molar-refractivity contribution in [2.24, 2.45) is 0 Å². The number of hydrogen-bond acceptors (Lipinski definition) is 7. The van der Waals surface area contributed by atoms with Crippen LogP contribution in [0, 0.1) is 0 Å². The molecule has 8 nitrogen and oxygen atoms in total. The second kappa shape index (κ2) is 7.51. The van der Waals surface area contributed by atoms with Crippen molar-refractivity contribution in [1.82, 2.24) is 10.2 Å². The summed E-state index contributed by atoms with van der Waals surface area (Å²) >= 11 is 0. The van der Waals surface area contributed by atoms with Gasteiger partial charge >= 0.3 is 0 Å². The largest absolute Gasteiger partial charge is 0.378 e. The van der Waals surface area contributed by atoms with Gasteiger partial charge in [-0.05, 0) is 42.8 Å². The molecular formula is C18H23N5O3S. The van der Waals surface area contributed by atoms with E-state index >= 15 is 0 Å². The SMILES string of the molecule is CN(C)c1ccc(NC(=O)c2ccc(N(C)C3CCS(=O)(=O)C3)nn2)cc1. The Morgan fingerprint density at radius 3 is 2.30 bits per heavy atom. The zero-order valence-electron chi connectivity index (χ0n) is 15.6. The number of aromatic nitrogens is 2. The van der Waals surface area contributed by atoms with Crippen LogP contribution in [0.15, 0.2) is 36.4 Å². The summed E-state index contributed by atoms with van der Waals surface area (Å²) in [7, 11) is 2.72. The second-order valence-corrected chi connectivity index (χ2v) is 9.07. The second-order valence-electron chi connectivity index (χ2n) is 6.84. The lowest BCUT2D eigenvalue weighted by Crippen LogP contribution is -2.33. The maximum atomic E-state index is 12.3. The molecule has 1 atom stereocenters. The topological polar surface area (TPSA) is 95.5 Å². The van der Waals surface area contributed by atoms with Crippen molar-refractivity contribution >= 4 is 32.9 Å². The van der Waals surface area contributed by atoms with Crippen LogP contribution in [0.1, 0.15) is 16.9 Å². The minimum absolute atomic E-state index is 0.112. The third kappa shape index (κ3) is 4.54. The third-order valence-electron chi connectivity index (χ3n) is 4.64. The number of carbonyl (C=O) groups excluding carboxylic acids is 1. The number of carbonyl (C=O) groups is 1. The molecule has 1 amide bonds. The lowest BCUT2D eigenvalue weighted by atomic mass is 10.2. The van der Waals surface area contributed by atoms with Gasteiger partial charge in [-0.1, -0.05) is 0 Å². The van der Waals surface area contributed by atoms with Crippen molar-refractivity contribution in [2.45, 2.75) is 12.5 Å². The van der Waals surface area contributed by atoms with Gasteiger partial charge in [-0.2, -0.15) is 0 Å². The molecule has 1 aliphatic heterocycles. The standard InChI is InChI=1S/C18H23N5O3S/c1-22(2)14-6-4-13(5-7-14)19-18(24)16-8-9-17(21-20-16)23(3)15-10-11-27(25,26)12-15/h4-9,15H,10-12H2,1-3H3,(H,19,24). The quantitative estimate of drug-likeness (QED) is 0.826. The molecule has 0 aliphatic carbocycles. The number of sulfone groups is 1. The highest BCUT2D eigenvalue weighted by Crippen LogP contribution is 2.21. The summed E-state index contributed by atoms with van der Waals surface area (Å²) in [5.74, 6) is 0.514. The average Bonchev–Trinajstić information content (AvgIpc) is 3.01. The molecular weight excluding hydrogens is 366 g/mol. The van der Waals surface area contributed by atoms with E-state index in [9.17, 15) is 13.2 Å². The van der Waals surface area contributed by atoms with Gasteiger partial charge in [0.15, 0.2) is 21.3 Å². The highest BCUT2D eigenvalue weighted by Gasteiger charge is 2.31. The fourth-order valence-electron chi connectivity index (χ4n) is 2.94. The molecule has 1 saturated heterocycles. The summed E-state index contributed by atoms with van der Waals surface area (Å²) in [5, 5.41) is 10.9. The molecule has 27 heavy (non-hydrogen) atoms. The Morgan fingerprint density at radius 2 is 1.78 bits per heavy atom. The average molecular weight is 389 g/mol. The Kier molecular flexibility index (Phi) is 5.31. The molecule has 1 N–H and O–H groups in total. The molecule has 144 valence electrons. The van der Waals surface area contributed by atoms with Crippen LogP contribution in [0.4, 0.5) is 17.2 Å². The summed E-state index contributed by atoms with van der Waals surface area (Å²) < 4.78 is 23.3. The Bertz CT molecular complexity index is 911. The molecule has 0 saturated carbocycles. The van der Waals surface area contributed by atoms with Crippen LogP contribution >= 0.6 is 0 Å². The Balaban J connectivity index is 1.65.